The zero-order valence-corrected chi connectivity index (χ0v) is 11.0. The molecule has 0 aliphatic heterocycles. The van der Waals surface area contributed by atoms with E-state index in [1.807, 2.05) is 0 Å². The van der Waals surface area contributed by atoms with Crippen LogP contribution in [0.1, 0.15) is 10.4 Å². The number of H-pyrrole nitrogens is 1. The number of aromatic nitrogens is 2. The van der Waals surface area contributed by atoms with E-state index in [0.717, 1.165) is 0 Å². The summed E-state index contributed by atoms with van der Waals surface area (Å²) < 4.78 is 32.4. The van der Waals surface area contributed by atoms with E-state index in [9.17, 15) is 13.6 Å². The second-order valence-electron chi connectivity index (χ2n) is 4.42. The average Bonchev–Trinajstić information content (AvgIpc) is 2.92. The number of benzene rings is 2. The van der Waals surface area contributed by atoms with Gasteiger partial charge in [0, 0.05) is 5.56 Å². The number of ether oxygens (including phenoxy) is 1. The van der Waals surface area contributed by atoms with Crippen molar-refractivity contribution in [1.29, 1.82) is 0 Å². The molecule has 1 N–H and O–H groups in total. The van der Waals surface area contributed by atoms with Gasteiger partial charge in [-0.15, -0.1) is 0 Å². The predicted octanol–water partition coefficient (Wildman–Crippen LogP) is 3.29. The van der Waals surface area contributed by atoms with Crippen molar-refractivity contribution in [3.8, 4) is 11.3 Å². The van der Waals surface area contributed by atoms with Crippen LogP contribution in [0.25, 0.3) is 22.2 Å². The number of carbonyl (C=O) groups excluding carboxylic acids is 1. The second kappa shape index (κ2) is 4.97. The molecule has 106 valence electrons. The lowest BCUT2D eigenvalue weighted by Crippen LogP contribution is -2.04. The monoisotopic (exact) mass is 288 g/mol. The van der Waals surface area contributed by atoms with E-state index in [4.69, 9.17) is 0 Å². The molecule has 21 heavy (non-hydrogen) atoms. The predicted molar refractivity (Wildman–Crippen MR) is 72.8 cm³/mol. The maximum Gasteiger partial charge on any atom is 0.340 e. The minimum Gasteiger partial charge on any atom is -0.465 e. The molecule has 0 atom stereocenters. The third-order valence-electron chi connectivity index (χ3n) is 3.17. The van der Waals surface area contributed by atoms with Crippen LogP contribution in [0.2, 0.25) is 0 Å². The van der Waals surface area contributed by atoms with E-state index < -0.39 is 17.6 Å². The van der Waals surface area contributed by atoms with Gasteiger partial charge in [0.05, 0.1) is 23.6 Å². The van der Waals surface area contributed by atoms with Gasteiger partial charge in [-0.05, 0) is 24.3 Å². The number of nitrogens with zero attached hydrogens (tertiary/aromatic N) is 1. The number of halogens is 2. The molecule has 3 aromatic rings. The number of rotatable bonds is 2. The molecule has 0 fully saturated rings. The van der Waals surface area contributed by atoms with Crippen molar-refractivity contribution < 1.29 is 18.3 Å². The van der Waals surface area contributed by atoms with E-state index >= 15 is 0 Å². The first-order chi connectivity index (χ1) is 10.1. The van der Waals surface area contributed by atoms with Gasteiger partial charge in [0.2, 0.25) is 0 Å². The van der Waals surface area contributed by atoms with Crippen molar-refractivity contribution in [2.24, 2.45) is 0 Å². The molecular weight excluding hydrogens is 278 g/mol. The Morgan fingerprint density at radius 1 is 1.24 bits per heavy atom. The largest absolute Gasteiger partial charge is 0.465 e. The van der Waals surface area contributed by atoms with Gasteiger partial charge >= 0.3 is 5.97 Å². The zero-order valence-electron chi connectivity index (χ0n) is 11.0. The first-order valence-corrected chi connectivity index (χ1v) is 6.12. The molecule has 0 radical (unpaired) electrons. The molecule has 0 spiro atoms. The van der Waals surface area contributed by atoms with Crippen molar-refractivity contribution in [1.82, 2.24) is 10.2 Å². The van der Waals surface area contributed by atoms with Crippen LogP contribution in [0.4, 0.5) is 8.78 Å². The second-order valence-corrected chi connectivity index (χ2v) is 4.42. The Hall–Kier alpha value is -2.76. The molecule has 0 saturated heterocycles. The Balaban J connectivity index is 2.28. The van der Waals surface area contributed by atoms with Crippen LogP contribution in [-0.4, -0.2) is 23.3 Å². The van der Waals surface area contributed by atoms with Crippen molar-refractivity contribution >= 4 is 16.9 Å². The van der Waals surface area contributed by atoms with E-state index in [0.29, 0.717) is 11.1 Å². The van der Waals surface area contributed by atoms with Gasteiger partial charge in [0.15, 0.2) is 0 Å². The Morgan fingerprint density at radius 3 is 2.76 bits per heavy atom. The number of aromatic amines is 1. The summed E-state index contributed by atoms with van der Waals surface area (Å²) in [6.45, 7) is 0. The number of fused-ring (bicyclic) bond motifs is 1. The third kappa shape index (κ3) is 2.14. The topological polar surface area (TPSA) is 55.0 Å². The molecule has 0 aliphatic carbocycles. The fourth-order valence-electron chi connectivity index (χ4n) is 2.19. The molecule has 0 aliphatic rings. The number of esters is 1. The molecule has 0 unspecified atom stereocenters. The van der Waals surface area contributed by atoms with Crippen LogP contribution in [0.3, 0.4) is 0 Å². The van der Waals surface area contributed by atoms with E-state index in [2.05, 4.69) is 14.9 Å². The molecule has 0 amide bonds. The Morgan fingerprint density at radius 2 is 2.05 bits per heavy atom. The van der Waals surface area contributed by atoms with Crippen LogP contribution in [-0.2, 0) is 4.74 Å². The Kier molecular flexibility index (Phi) is 3.13. The molecule has 1 aromatic heterocycles. The zero-order chi connectivity index (χ0) is 15.0. The minimum absolute atomic E-state index is 0.128. The van der Waals surface area contributed by atoms with Crippen molar-refractivity contribution in [3.63, 3.8) is 0 Å². The standard InChI is InChI=1S/C15H10F2N2O2/c1-21-15(20)10-5-6-11-12(13(10)17)14(19-18-11)8-3-2-4-9(16)7-8/h2-7H,1H3,(H,18,19). The fraction of sp³-hybridized carbons (Fsp3) is 0.0667. The summed E-state index contributed by atoms with van der Waals surface area (Å²) >= 11 is 0. The van der Waals surface area contributed by atoms with Crippen LogP contribution < -0.4 is 0 Å². The molecular formula is C15H10F2N2O2. The van der Waals surface area contributed by atoms with Gasteiger partial charge in [-0.2, -0.15) is 5.10 Å². The lowest BCUT2D eigenvalue weighted by molar-refractivity contribution is 0.0596. The number of carbonyl (C=O) groups is 1. The van der Waals surface area contributed by atoms with Crippen molar-refractivity contribution in [3.05, 3.63) is 53.6 Å². The highest BCUT2D eigenvalue weighted by molar-refractivity contribution is 6.00. The first-order valence-electron chi connectivity index (χ1n) is 6.12. The molecule has 0 bridgehead atoms. The van der Waals surface area contributed by atoms with E-state index in [1.165, 1.54) is 37.4 Å². The summed E-state index contributed by atoms with van der Waals surface area (Å²) in [5.74, 6) is -1.97. The van der Waals surface area contributed by atoms with E-state index in [1.54, 1.807) is 6.07 Å². The summed E-state index contributed by atoms with van der Waals surface area (Å²) in [5, 5.41) is 6.80. The highest BCUT2D eigenvalue weighted by Gasteiger charge is 2.20. The average molecular weight is 288 g/mol. The minimum atomic E-state index is -0.777. The van der Waals surface area contributed by atoms with E-state index in [-0.39, 0.29) is 16.6 Å². The van der Waals surface area contributed by atoms with Crippen LogP contribution >= 0.6 is 0 Å². The molecule has 2 aromatic carbocycles. The fourth-order valence-corrected chi connectivity index (χ4v) is 2.19. The van der Waals surface area contributed by atoms with Gasteiger partial charge in [-0.1, -0.05) is 12.1 Å². The summed E-state index contributed by atoms with van der Waals surface area (Å²) in [4.78, 5) is 11.5. The maximum absolute atomic E-state index is 14.5. The summed E-state index contributed by atoms with van der Waals surface area (Å²) in [7, 11) is 1.18. The lowest BCUT2D eigenvalue weighted by Gasteiger charge is -2.03. The molecule has 6 heteroatoms. The normalized spacial score (nSPS) is 10.8. The van der Waals surface area contributed by atoms with Crippen LogP contribution in [0.5, 0.6) is 0 Å². The SMILES string of the molecule is COC(=O)c1ccc2[nH]nc(-c3cccc(F)c3)c2c1F. The first kappa shape index (κ1) is 13.2. The molecule has 1 heterocycles. The highest BCUT2D eigenvalue weighted by atomic mass is 19.1. The summed E-state index contributed by atoms with van der Waals surface area (Å²) in [6, 6.07) is 8.50. The van der Waals surface area contributed by atoms with Gasteiger partial charge in [0.25, 0.3) is 0 Å². The maximum atomic E-state index is 14.5. The number of hydrogen-bond acceptors (Lipinski definition) is 3. The van der Waals surface area contributed by atoms with Gasteiger partial charge in [0.1, 0.15) is 17.3 Å². The van der Waals surface area contributed by atoms with Crippen molar-refractivity contribution in [2.45, 2.75) is 0 Å². The highest BCUT2D eigenvalue weighted by Crippen LogP contribution is 2.30. The van der Waals surface area contributed by atoms with Gasteiger partial charge in [-0.25, -0.2) is 13.6 Å². The molecule has 0 saturated carbocycles. The third-order valence-corrected chi connectivity index (χ3v) is 3.17. The van der Waals surface area contributed by atoms with Crippen LogP contribution in [0.15, 0.2) is 36.4 Å². The number of hydrogen-bond donors (Lipinski definition) is 1. The quantitative estimate of drug-likeness (QED) is 0.736. The van der Waals surface area contributed by atoms with Crippen LogP contribution in [0, 0.1) is 11.6 Å². The summed E-state index contributed by atoms with van der Waals surface area (Å²) in [5.41, 5.74) is 0.887. The molecule has 3 rings (SSSR count). The van der Waals surface area contributed by atoms with Crippen molar-refractivity contribution in [2.75, 3.05) is 7.11 Å². The number of nitrogens with one attached hydrogen (secondary N) is 1. The lowest BCUT2D eigenvalue weighted by atomic mass is 10.0. The van der Waals surface area contributed by atoms with Gasteiger partial charge < -0.3 is 4.74 Å². The smallest absolute Gasteiger partial charge is 0.340 e. The van der Waals surface area contributed by atoms with Gasteiger partial charge in [-0.3, -0.25) is 5.10 Å². The Bertz CT molecular complexity index is 843. The Labute approximate surface area is 118 Å². The number of methoxy groups -OCH3 is 1. The summed E-state index contributed by atoms with van der Waals surface area (Å²) in [6.07, 6.45) is 0. The molecule has 4 nitrogen and oxygen atoms in total.